The first kappa shape index (κ1) is 36.4. The van der Waals surface area contributed by atoms with E-state index in [9.17, 15) is 19.8 Å². The van der Waals surface area contributed by atoms with Crippen LogP contribution in [0.15, 0.2) is 121 Å². The third-order valence-corrected chi connectivity index (χ3v) is 8.62. The number of rotatable bonds is 9. The Hall–Kier alpha value is -4.42. The maximum atomic E-state index is 9.63. The molecule has 0 bridgehead atoms. The molecule has 0 spiro atoms. The summed E-state index contributed by atoms with van der Waals surface area (Å²) in [5.74, 6) is -4.12. The zero-order valence-corrected chi connectivity index (χ0v) is 27.0. The zero-order valence-electron chi connectivity index (χ0n) is 27.0. The van der Waals surface area contributed by atoms with Crippen LogP contribution in [0.3, 0.4) is 0 Å². The molecule has 4 aromatic rings. The molecule has 2 unspecified atom stereocenters. The van der Waals surface area contributed by atoms with Crippen molar-refractivity contribution in [1.29, 1.82) is 0 Å². The fourth-order valence-electron chi connectivity index (χ4n) is 6.24. The summed E-state index contributed by atoms with van der Waals surface area (Å²) in [5.41, 5.74) is 5.69. The molecule has 10 heteroatoms. The van der Waals surface area contributed by atoms with E-state index in [2.05, 4.69) is 132 Å². The van der Waals surface area contributed by atoms with Crippen molar-refractivity contribution in [2.24, 2.45) is 0 Å². The molecule has 0 amide bonds. The monoisotopic (exact) mass is 654 g/mol. The minimum Gasteiger partial charge on any atom is -0.547 e. The number of carbonyl (C=O) groups is 2. The van der Waals surface area contributed by atoms with Gasteiger partial charge in [-0.1, -0.05) is 121 Å². The third kappa shape index (κ3) is 10.8. The quantitative estimate of drug-likeness (QED) is 0.118. The number of nitrogens with one attached hydrogen (secondary N) is 4. The molecule has 2 aliphatic rings. The summed E-state index contributed by atoms with van der Waals surface area (Å²) in [6.07, 6.45) is -4.88. The summed E-state index contributed by atoms with van der Waals surface area (Å²) >= 11 is 0. The first-order valence-electron chi connectivity index (χ1n) is 16.4. The Morgan fingerprint density at radius 3 is 0.917 bits per heavy atom. The molecule has 2 atom stereocenters. The highest BCUT2D eigenvalue weighted by Crippen LogP contribution is 2.20. The van der Waals surface area contributed by atoms with Crippen molar-refractivity contribution in [2.45, 2.75) is 24.3 Å². The van der Waals surface area contributed by atoms with E-state index in [1.54, 1.807) is 9.80 Å². The Balaban J connectivity index is 0.000000172. The summed E-state index contributed by atoms with van der Waals surface area (Å²) in [4.78, 5) is 22.6. The molecule has 6 N–H and O–H groups in total. The van der Waals surface area contributed by atoms with Gasteiger partial charge in [-0.2, -0.15) is 0 Å². The fraction of sp³-hybridized carbons (Fsp3) is 0.316. The highest BCUT2D eigenvalue weighted by Gasteiger charge is 2.28. The number of aliphatic hydroxyl groups is 2. The Labute approximate surface area is 282 Å². The van der Waals surface area contributed by atoms with Crippen LogP contribution < -0.4 is 30.6 Å². The van der Waals surface area contributed by atoms with Crippen LogP contribution in [0.2, 0.25) is 0 Å². The summed E-state index contributed by atoms with van der Waals surface area (Å²) in [7, 11) is 0. The van der Waals surface area contributed by atoms with Gasteiger partial charge in [-0.05, 0) is 0 Å². The molecule has 4 aromatic carbocycles. The number of carboxylic acid groups (broad SMARTS) is 2. The SMILES string of the molecule is O=C([O-])C(O)C(O)C(=O)[O-].c1ccc(C(c2ccccc2)[NH+]2CCNCC2)cc1.c1ccc(C(c2ccccc2)[NH+]2CCNCC2)cc1. The van der Waals surface area contributed by atoms with Gasteiger partial charge in [0, 0.05) is 48.4 Å². The van der Waals surface area contributed by atoms with Crippen LogP contribution in [0.5, 0.6) is 0 Å². The Morgan fingerprint density at radius 2 is 0.708 bits per heavy atom. The lowest BCUT2D eigenvalue weighted by atomic mass is 9.96. The van der Waals surface area contributed by atoms with Crippen LogP contribution in [-0.2, 0) is 9.59 Å². The van der Waals surface area contributed by atoms with Crippen LogP contribution in [-0.4, -0.2) is 86.7 Å². The van der Waals surface area contributed by atoms with Crippen molar-refractivity contribution in [3.8, 4) is 0 Å². The summed E-state index contributed by atoms with van der Waals surface area (Å²) in [6.45, 7) is 9.22. The Kier molecular flexibility index (Phi) is 14.7. The summed E-state index contributed by atoms with van der Waals surface area (Å²) in [6, 6.07) is 44.5. The first-order valence-corrected chi connectivity index (χ1v) is 16.4. The van der Waals surface area contributed by atoms with Gasteiger partial charge in [0.25, 0.3) is 0 Å². The Morgan fingerprint density at radius 1 is 0.479 bits per heavy atom. The highest BCUT2D eigenvalue weighted by molar-refractivity contribution is 5.80. The molecule has 10 nitrogen and oxygen atoms in total. The topological polar surface area (TPSA) is 154 Å². The number of quaternary nitrogens is 2. The average Bonchev–Trinajstić information content (AvgIpc) is 3.14. The number of piperazine rings is 2. The molecule has 0 aliphatic carbocycles. The minimum absolute atomic E-state index is 0.462. The fourth-order valence-corrected chi connectivity index (χ4v) is 6.24. The maximum absolute atomic E-state index is 9.63. The minimum atomic E-state index is -2.44. The first-order chi connectivity index (χ1) is 23.4. The van der Waals surface area contributed by atoms with E-state index in [-0.39, 0.29) is 0 Å². The number of hydrogen-bond donors (Lipinski definition) is 6. The molecule has 0 radical (unpaired) electrons. The lowest BCUT2D eigenvalue weighted by Crippen LogP contribution is -3.15. The number of aliphatic hydroxyl groups excluding tert-OH is 2. The molecule has 2 aliphatic heterocycles. The van der Waals surface area contributed by atoms with Crippen LogP contribution in [0.4, 0.5) is 0 Å². The molecule has 0 saturated carbocycles. The van der Waals surface area contributed by atoms with Gasteiger partial charge in [0.05, 0.1) is 38.1 Å². The van der Waals surface area contributed by atoms with Gasteiger partial charge in [-0.3, -0.25) is 0 Å². The van der Waals surface area contributed by atoms with Crippen molar-refractivity contribution >= 4 is 11.9 Å². The standard InChI is InChI=1S/2C17H20N2.C4H6O6/c2*1-3-7-15(8-4-1)17(16-9-5-2-6-10-16)19-13-11-18-12-14-19;5-1(3(7)8)2(6)4(9)10/h2*1-10,17-18H,11-14H2;1-2,5-6H,(H,7,8)(H,9,10). The number of carboxylic acids is 2. The van der Waals surface area contributed by atoms with E-state index in [0.29, 0.717) is 12.1 Å². The maximum Gasteiger partial charge on any atom is 0.139 e. The van der Waals surface area contributed by atoms with Crippen molar-refractivity contribution in [2.75, 3.05) is 52.4 Å². The van der Waals surface area contributed by atoms with Gasteiger partial charge >= 0.3 is 0 Å². The lowest BCUT2D eigenvalue weighted by Gasteiger charge is -2.32. The lowest BCUT2D eigenvalue weighted by molar-refractivity contribution is -0.927. The molecule has 2 fully saturated rings. The second-order valence-electron chi connectivity index (χ2n) is 11.9. The van der Waals surface area contributed by atoms with E-state index >= 15 is 0 Å². The van der Waals surface area contributed by atoms with Crippen molar-refractivity contribution < 1.29 is 39.8 Å². The van der Waals surface area contributed by atoms with Gasteiger partial charge < -0.3 is 50.4 Å². The normalized spacial score (nSPS) is 16.5. The van der Waals surface area contributed by atoms with Gasteiger partial charge in [0.2, 0.25) is 0 Å². The van der Waals surface area contributed by atoms with E-state index in [1.807, 2.05) is 0 Å². The van der Waals surface area contributed by atoms with Crippen molar-refractivity contribution in [3.05, 3.63) is 144 Å². The van der Waals surface area contributed by atoms with Crippen LogP contribution >= 0.6 is 0 Å². The van der Waals surface area contributed by atoms with E-state index < -0.39 is 24.1 Å². The van der Waals surface area contributed by atoms with Gasteiger partial charge in [-0.25, -0.2) is 0 Å². The smallest absolute Gasteiger partial charge is 0.139 e. The van der Waals surface area contributed by atoms with Crippen molar-refractivity contribution in [3.63, 3.8) is 0 Å². The zero-order chi connectivity index (χ0) is 34.1. The van der Waals surface area contributed by atoms with Crippen LogP contribution in [0.25, 0.3) is 0 Å². The van der Waals surface area contributed by atoms with Crippen molar-refractivity contribution in [1.82, 2.24) is 10.6 Å². The highest BCUT2D eigenvalue weighted by atomic mass is 16.4. The molecule has 6 rings (SSSR count). The molecule has 0 aromatic heterocycles. The number of benzene rings is 4. The molecule has 2 saturated heterocycles. The molecule has 48 heavy (non-hydrogen) atoms. The number of carbonyl (C=O) groups excluding carboxylic acids is 2. The molecular formula is C38H46N4O6. The molecular weight excluding hydrogens is 608 g/mol. The second kappa shape index (κ2) is 19.4. The van der Waals surface area contributed by atoms with E-state index in [1.165, 1.54) is 48.4 Å². The van der Waals surface area contributed by atoms with Gasteiger partial charge in [0.15, 0.2) is 0 Å². The summed E-state index contributed by atoms with van der Waals surface area (Å²) < 4.78 is 0. The average molecular weight is 655 g/mol. The molecule has 254 valence electrons. The van der Waals surface area contributed by atoms with Crippen LogP contribution in [0, 0.1) is 0 Å². The van der Waals surface area contributed by atoms with E-state index in [0.717, 1.165) is 26.2 Å². The van der Waals surface area contributed by atoms with Crippen LogP contribution in [0.1, 0.15) is 34.3 Å². The van der Waals surface area contributed by atoms with Gasteiger partial charge in [-0.15, -0.1) is 0 Å². The van der Waals surface area contributed by atoms with E-state index in [4.69, 9.17) is 10.2 Å². The number of aliphatic carboxylic acids is 2. The number of hydrogen-bond acceptors (Lipinski definition) is 8. The predicted molar refractivity (Wildman–Crippen MR) is 179 cm³/mol. The summed E-state index contributed by atoms with van der Waals surface area (Å²) in [5, 5.41) is 42.6. The third-order valence-electron chi connectivity index (χ3n) is 8.62. The second-order valence-corrected chi connectivity index (χ2v) is 11.9. The largest absolute Gasteiger partial charge is 0.547 e. The van der Waals surface area contributed by atoms with Gasteiger partial charge in [0.1, 0.15) is 24.3 Å². The predicted octanol–water partition coefficient (Wildman–Crippen LogP) is -2.26. The molecule has 2 heterocycles. The Bertz CT molecular complexity index is 1290.